The number of hydrogen-bond donors (Lipinski definition) is 1. The molecule has 0 aliphatic heterocycles. The predicted octanol–water partition coefficient (Wildman–Crippen LogP) is 3.87. The zero-order valence-electron chi connectivity index (χ0n) is 6.79. The van der Waals surface area contributed by atoms with Crippen LogP contribution in [0.2, 0.25) is 5.02 Å². The van der Waals surface area contributed by atoms with Crippen molar-refractivity contribution in [3.63, 3.8) is 0 Å². The van der Waals surface area contributed by atoms with Crippen LogP contribution < -0.4 is 0 Å². The van der Waals surface area contributed by atoms with Crippen LogP contribution in [0, 0.1) is 16.3 Å². The van der Waals surface area contributed by atoms with Gasteiger partial charge in [0.2, 0.25) is 0 Å². The third kappa shape index (κ3) is 1.34. The van der Waals surface area contributed by atoms with Gasteiger partial charge in [-0.1, -0.05) is 11.6 Å². The first-order valence-corrected chi connectivity index (χ1v) is 5.18. The van der Waals surface area contributed by atoms with Crippen LogP contribution >= 0.6 is 34.2 Å². The number of hydrogen-bond acceptors (Lipinski definition) is 0. The fraction of sp³-hybridized carbons (Fsp3) is 0.111. The van der Waals surface area contributed by atoms with E-state index >= 15 is 0 Å². The zero-order valence-corrected chi connectivity index (χ0v) is 9.70. The van der Waals surface area contributed by atoms with Crippen LogP contribution in [0.15, 0.2) is 12.1 Å². The molecule has 0 radical (unpaired) electrons. The Morgan fingerprint density at radius 2 is 2.15 bits per heavy atom. The molecule has 1 aromatic heterocycles. The highest BCUT2D eigenvalue weighted by atomic mass is 127. The first kappa shape index (κ1) is 9.27. The molecule has 2 rings (SSSR count). The van der Waals surface area contributed by atoms with Crippen LogP contribution in [-0.2, 0) is 0 Å². The van der Waals surface area contributed by atoms with Crippen LogP contribution in [0.3, 0.4) is 0 Å². The molecule has 0 fully saturated rings. The van der Waals surface area contributed by atoms with E-state index < -0.39 is 0 Å². The number of aryl methyl sites for hydroxylation is 1. The normalized spacial score (nSPS) is 11.1. The van der Waals surface area contributed by atoms with Crippen molar-refractivity contribution in [1.29, 1.82) is 0 Å². The first-order valence-electron chi connectivity index (χ1n) is 3.73. The number of H-pyrrole nitrogens is 1. The van der Waals surface area contributed by atoms with Crippen molar-refractivity contribution >= 4 is 45.1 Å². The van der Waals surface area contributed by atoms with Gasteiger partial charge in [-0.3, -0.25) is 0 Å². The van der Waals surface area contributed by atoms with Crippen molar-refractivity contribution in [3.8, 4) is 0 Å². The molecule has 0 bridgehead atoms. The summed E-state index contributed by atoms with van der Waals surface area (Å²) in [6, 6.07) is 3.35. The van der Waals surface area contributed by atoms with Crippen LogP contribution in [0.1, 0.15) is 5.69 Å². The van der Waals surface area contributed by atoms with E-state index in [2.05, 4.69) is 27.6 Å². The van der Waals surface area contributed by atoms with E-state index in [1.165, 1.54) is 0 Å². The Morgan fingerprint density at radius 3 is 2.85 bits per heavy atom. The fourth-order valence-corrected chi connectivity index (χ4v) is 2.13. The van der Waals surface area contributed by atoms with Gasteiger partial charge in [0, 0.05) is 14.8 Å². The third-order valence-electron chi connectivity index (χ3n) is 1.97. The van der Waals surface area contributed by atoms with Crippen LogP contribution in [0.5, 0.6) is 0 Å². The minimum absolute atomic E-state index is 0.171. The number of aromatic nitrogens is 1. The number of rotatable bonds is 0. The van der Waals surface area contributed by atoms with Crippen molar-refractivity contribution in [2.75, 3.05) is 0 Å². The Labute approximate surface area is 93.4 Å². The van der Waals surface area contributed by atoms with Crippen molar-refractivity contribution < 1.29 is 4.39 Å². The Kier molecular flexibility index (Phi) is 2.23. The lowest BCUT2D eigenvalue weighted by atomic mass is 10.2. The molecule has 1 aromatic carbocycles. The molecule has 1 heterocycles. The SMILES string of the molecule is Cc1[nH]c2ccc(Cl)c(F)c2c1I. The number of aromatic amines is 1. The average Bonchev–Trinajstić information content (AvgIpc) is 2.37. The highest BCUT2D eigenvalue weighted by Gasteiger charge is 2.12. The fourth-order valence-electron chi connectivity index (χ4n) is 1.31. The summed E-state index contributed by atoms with van der Waals surface area (Å²) < 4.78 is 14.4. The van der Waals surface area contributed by atoms with Gasteiger partial charge in [-0.2, -0.15) is 0 Å². The number of benzene rings is 1. The van der Waals surface area contributed by atoms with Gasteiger partial charge in [-0.25, -0.2) is 4.39 Å². The van der Waals surface area contributed by atoms with E-state index in [1.54, 1.807) is 12.1 Å². The van der Waals surface area contributed by atoms with E-state index in [0.29, 0.717) is 5.39 Å². The molecule has 0 spiro atoms. The molecule has 0 aliphatic carbocycles. The smallest absolute Gasteiger partial charge is 0.152 e. The molecule has 1 nitrogen and oxygen atoms in total. The number of halogens is 3. The lowest BCUT2D eigenvalue weighted by molar-refractivity contribution is 0.640. The second-order valence-corrected chi connectivity index (χ2v) is 4.33. The number of nitrogens with one attached hydrogen (secondary N) is 1. The molecule has 13 heavy (non-hydrogen) atoms. The summed E-state index contributed by atoms with van der Waals surface area (Å²) in [5, 5.41) is 0.759. The van der Waals surface area contributed by atoms with Crippen LogP contribution in [0.4, 0.5) is 4.39 Å². The standard InChI is InChI=1S/C9H6ClFIN/c1-4-9(12)7-6(13-4)3-2-5(10)8(7)11/h2-3,13H,1H3. The summed E-state index contributed by atoms with van der Waals surface area (Å²) in [5.41, 5.74) is 1.76. The summed E-state index contributed by atoms with van der Waals surface area (Å²) in [4.78, 5) is 3.09. The minimum atomic E-state index is -0.340. The maximum atomic E-state index is 13.5. The topological polar surface area (TPSA) is 15.8 Å². The van der Waals surface area contributed by atoms with Crippen LogP contribution in [0.25, 0.3) is 10.9 Å². The summed E-state index contributed by atoms with van der Waals surface area (Å²) in [7, 11) is 0. The van der Waals surface area contributed by atoms with Gasteiger partial charge in [-0.05, 0) is 41.6 Å². The van der Waals surface area contributed by atoms with Crippen LogP contribution in [-0.4, -0.2) is 4.98 Å². The van der Waals surface area contributed by atoms with Crippen molar-refractivity contribution in [2.24, 2.45) is 0 Å². The Hall–Kier alpha value is -0.290. The summed E-state index contributed by atoms with van der Waals surface area (Å²) in [6.45, 7) is 1.91. The first-order chi connectivity index (χ1) is 6.11. The molecule has 1 N–H and O–H groups in total. The minimum Gasteiger partial charge on any atom is -0.358 e. The van der Waals surface area contributed by atoms with E-state index in [9.17, 15) is 4.39 Å². The summed E-state index contributed by atoms with van der Waals surface area (Å²) >= 11 is 7.79. The molecule has 68 valence electrons. The average molecular weight is 310 g/mol. The largest absolute Gasteiger partial charge is 0.358 e. The quantitative estimate of drug-likeness (QED) is 0.711. The highest BCUT2D eigenvalue weighted by molar-refractivity contribution is 14.1. The molecule has 0 amide bonds. The molecule has 0 aliphatic rings. The van der Waals surface area contributed by atoms with Crippen molar-refractivity contribution in [3.05, 3.63) is 32.2 Å². The Bertz CT molecular complexity index is 478. The van der Waals surface area contributed by atoms with Gasteiger partial charge in [0.05, 0.1) is 10.4 Å². The maximum Gasteiger partial charge on any atom is 0.152 e. The van der Waals surface area contributed by atoms with E-state index in [-0.39, 0.29) is 10.8 Å². The lowest BCUT2D eigenvalue weighted by Crippen LogP contribution is -1.79. The molecule has 0 saturated heterocycles. The molecule has 2 aromatic rings. The highest BCUT2D eigenvalue weighted by Crippen LogP contribution is 2.29. The van der Waals surface area contributed by atoms with Crippen molar-refractivity contribution in [2.45, 2.75) is 6.92 Å². The van der Waals surface area contributed by atoms with E-state index in [1.807, 2.05) is 6.92 Å². The second kappa shape index (κ2) is 3.13. The van der Waals surface area contributed by atoms with Gasteiger partial charge in [0.1, 0.15) is 0 Å². The van der Waals surface area contributed by atoms with Gasteiger partial charge < -0.3 is 4.98 Å². The summed E-state index contributed by atoms with van der Waals surface area (Å²) in [6.07, 6.45) is 0. The molecule has 0 atom stereocenters. The maximum absolute atomic E-state index is 13.5. The second-order valence-electron chi connectivity index (χ2n) is 2.85. The van der Waals surface area contributed by atoms with Gasteiger partial charge in [0.15, 0.2) is 5.82 Å². The van der Waals surface area contributed by atoms with Gasteiger partial charge >= 0.3 is 0 Å². The Balaban J connectivity index is 2.97. The van der Waals surface area contributed by atoms with E-state index in [0.717, 1.165) is 14.8 Å². The number of fused-ring (bicyclic) bond motifs is 1. The summed E-state index contributed by atoms with van der Waals surface area (Å²) in [5.74, 6) is -0.340. The zero-order chi connectivity index (χ0) is 9.59. The van der Waals surface area contributed by atoms with Crippen molar-refractivity contribution in [1.82, 2.24) is 4.98 Å². The molecule has 0 saturated carbocycles. The molecule has 0 unspecified atom stereocenters. The van der Waals surface area contributed by atoms with Gasteiger partial charge in [0.25, 0.3) is 0 Å². The monoisotopic (exact) mass is 309 g/mol. The predicted molar refractivity (Wildman–Crippen MR) is 60.7 cm³/mol. The third-order valence-corrected chi connectivity index (χ3v) is 3.61. The Morgan fingerprint density at radius 1 is 1.46 bits per heavy atom. The van der Waals surface area contributed by atoms with E-state index in [4.69, 9.17) is 11.6 Å². The molecular weight excluding hydrogens is 303 g/mol. The van der Waals surface area contributed by atoms with Gasteiger partial charge in [-0.15, -0.1) is 0 Å². The molecular formula is C9H6ClFIN. The molecule has 4 heteroatoms. The lowest BCUT2D eigenvalue weighted by Gasteiger charge is -1.95.